The number of aryl methyl sites for hydroxylation is 1. The Morgan fingerprint density at radius 3 is 2.69 bits per heavy atom. The van der Waals surface area contributed by atoms with Crippen LogP contribution in [0, 0.1) is 12.8 Å². The first-order valence-corrected chi connectivity index (χ1v) is 9.93. The van der Waals surface area contributed by atoms with E-state index in [1.54, 1.807) is 26.1 Å². The Hall–Kier alpha value is -2.80. The van der Waals surface area contributed by atoms with Gasteiger partial charge in [0.05, 0.1) is 18.8 Å². The van der Waals surface area contributed by atoms with Crippen LogP contribution in [0.5, 0.6) is 11.5 Å². The van der Waals surface area contributed by atoms with Crippen molar-refractivity contribution in [2.24, 2.45) is 5.92 Å². The monoisotopic (exact) mass is 411 g/mol. The molecule has 1 saturated heterocycles. The molecule has 0 radical (unpaired) electrons. The van der Waals surface area contributed by atoms with E-state index in [0.717, 1.165) is 22.6 Å². The maximum Gasteiger partial charge on any atom is 0.233 e. The zero-order valence-corrected chi connectivity index (χ0v) is 18.0. The second kappa shape index (κ2) is 6.91. The van der Waals surface area contributed by atoms with Crippen LogP contribution in [0.3, 0.4) is 0 Å². The minimum atomic E-state index is -1.02. The lowest BCUT2D eigenvalue weighted by Crippen LogP contribution is -2.72. The molecule has 6 nitrogen and oxygen atoms in total. The number of thiocarbonyl (C=S) groups is 1. The summed E-state index contributed by atoms with van der Waals surface area (Å²) in [5.74, 6) is 0.870. The van der Waals surface area contributed by atoms with Crippen LogP contribution in [0.4, 0.5) is 5.69 Å². The lowest BCUT2D eigenvalue weighted by atomic mass is 9.78. The maximum atomic E-state index is 13.4. The number of methoxy groups -OCH3 is 1. The zero-order chi connectivity index (χ0) is 20.9. The molecule has 29 heavy (non-hydrogen) atoms. The molecule has 2 bridgehead atoms. The molecule has 152 valence electrons. The Bertz CT molecular complexity index is 993. The number of para-hydroxylation sites is 2. The van der Waals surface area contributed by atoms with Crippen molar-refractivity contribution >= 4 is 28.9 Å². The van der Waals surface area contributed by atoms with Gasteiger partial charge >= 0.3 is 0 Å². The second-order valence-corrected chi connectivity index (χ2v) is 8.23. The molecule has 0 spiro atoms. The van der Waals surface area contributed by atoms with E-state index in [4.69, 9.17) is 21.7 Å². The predicted molar refractivity (Wildman–Crippen MR) is 116 cm³/mol. The number of benzene rings is 2. The highest BCUT2D eigenvalue weighted by Gasteiger charge is 2.59. The van der Waals surface area contributed by atoms with E-state index in [2.05, 4.69) is 11.4 Å². The number of nitrogens with zero attached hydrogens (tertiary/aromatic N) is 2. The highest BCUT2D eigenvalue weighted by atomic mass is 32.1. The van der Waals surface area contributed by atoms with Crippen molar-refractivity contribution in [2.75, 3.05) is 26.1 Å². The third kappa shape index (κ3) is 2.92. The Kier molecular flexibility index (Phi) is 4.65. The van der Waals surface area contributed by atoms with Crippen molar-refractivity contribution in [2.45, 2.75) is 25.6 Å². The van der Waals surface area contributed by atoms with Crippen LogP contribution in [0.15, 0.2) is 42.5 Å². The molecule has 2 aliphatic heterocycles. The standard InChI is InChI=1S/C22H25N3O3S/c1-13-10-11-16-14(12-13)19-18(20(26)24(3)4)22(2,28-16)25(21(29)23-19)15-8-6-7-9-17(15)27-5/h6-12,18-19H,1-5H3,(H,23,29)/t18-,19-,22-/m0/s1. The van der Waals surface area contributed by atoms with Gasteiger partial charge in [0.1, 0.15) is 17.4 Å². The van der Waals surface area contributed by atoms with Gasteiger partial charge in [-0.25, -0.2) is 0 Å². The number of ether oxygens (including phenoxy) is 2. The van der Waals surface area contributed by atoms with Gasteiger partial charge in [0.25, 0.3) is 0 Å². The molecule has 4 rings (SSSR count). The van der Waals surface area contributed by atoms with Gasteiger partial charge in [-0.3, -0.25) is 9.69 Å². The van der Waals surface area contributed by atoms with Crippen molar-refractivity contribution in [3.63, 3.8) is 0 Å². The summed E-state index contributed by atoms with van der Waals surface area (Å²) in [6.07, 6.45) is 0. The van der Waals surface area contributed by atoms with E-state index in [9.17, 15) is 4.79 Å². The minimum Gasteiger partial charge on any atom is -0.495 e. The number of nitrogens with one attached hydrogen (secondary N) is 1. The van der Waals surface area contributed by atoms with Crippen LogP contribution in [0.25, 0.3) is 0 Å². The number of anilines is 1. The zero-order valence-electron chi connectivity index (χ0n) is 17.2. The molecule has 2 aromatic rings. The van der Waals surface area contributed by atoms with Crippen molar-refractivity contribution < 1.29 is 14.3 Å². The third-order valence-corrected chi connectivity index (χ3v) is 5.99. The highest BCUT2D eigenvalue weighted by Crippen LogP contribution is 2.51. The number of rotatable bonds is 3. The Morgan fingerprint density at radius 2 is 2.00 bits per heavy atom. The molecule has 3 atom stereocenters. The molecule has 0 saturated carbocycles. The Labute approximate surface area is 176 Å². The van der Waals surface area contributed by atoms with Crippen LogP contribution in [0.2, 0.25) is 0 Å². The fraction of sp³-hybridized carbons (Fsp3) is 0.364. The average molecular weight is 412 g/mol. The molecular formula is C22H25N3O3S. The molecular weight excluding hydrogens is 386 g/mol. The first-order valence-electron chi connectivity index (χ1n) is 9.52. The molecule has 1 amide bonds. The summed E-state index contributed by atoms with van der Waals surface area (Å²) >= 11 is 5.76. The molecule has 2 aromatic carbocycles. The first kappa shape index (κ1) is 19.5. The van der Waals surface area contributed by atoms with Gasteiger partial charge in [0.15, 0.2) is 10.8 Å². The van der Waals surface area contributed by atoms with Crippen molar-refractivity contribution in [1.29, 1.82) is 0 Å². The summed E-state index contributed by atoms with van der Waals surface area (Å²) in [5, 5.41) is 3.91. The van der Waals surface area contributed by atoms with Crippen molar-refractivity contribution in [3.05, 3.63) is 53.6 Å². The average Bonchev–Trinajstić information content (AvgIpc) is 2.68. The van der Waals surface area contributed by atoms with Crippen LogP contribution >= 0.6 is 12.2 Å². The molecule has 1 N–H and O–H groups in total. The van der Waals surface area contributed by atoms with Crippen molar-refractivity contribution in [1.82, 2.24) is 10.2 Å². The topological polar surface area (TPSA) is 54.0 Å². The number of fused-ring (bicyclic) bond motifs is 4. The number of hydrogen-bond acceptors (Lipinski definition) is 4. The SMILES string of the molecule is COc1ccccc1N1C(=S)N[C@H]2c3cc(C)ccc3O[C@@]1(C)[C@@H]2C(=O)N(C)C. The van der Waals surface area contributed by atoms with Crippen LogP contribution in [0.1, 0.15) is 24.1 Å². The lowest BCUT2D eigenvalue weighted by molar-refractivity contribution is -0.144. The summed E-state index contributed by atoms with van der Waals surface area (Å²) in [7, 11) is 5.14. The fourth-order valence-electron chi connectivity index (χ4n) is 4.34. The van der Waals surface area contributed by atoms with Gasteiger partial charge in [-0.05, 0) is 44.3 Å². The van der Waals surface area contributed by atoms with Gasteiger partial charge in [-0.2, -0.15) is 0 Å². The van der Waals surface area contributed by atoms with Crippen LogP contribution in [-0.2, 0) is 4.79 Å². The summed E-state index contributed by atoms with van der Waals surface area (Å²) in [6, 6.07) is 13.4. The highest BCUT2D eigenvalue weighted by molar-refractivity contribution is 7.80. The van der Waals surface area contributed by atoms with Crippen LogP contribution in [-0.4, -0.2) is 42.8 Å². The van der Waals surface area contributed by atoms with Gasteiger partial charge in [-0.1, -0.05) is 29.8 Å². The molecule has 1 fully saturated rings. The fourth-order valence-corrected chi connectivity index (χ4v) is 4.74. The van der Waals surface area contributed by atoms with E-state index in [0.29, 0.717) is 10.9 Å². The summed E-state index contributed by atoms with van der Waals surface area (Å²) in [5.41, 5.74) is 1.78. The summed E-state index contributed by atoms with van der Waals surface area (Å²) in [6.45, 7) is 3.95. The molecule has 0 aromatic heterocycles. The smallest absolute Gasteiger partial charge is 0.233 e. The Balaban J connectivity index is 1.94. The minimum absolute atomic E-state index is 0.0282. The molecule has 2 aliphatic rings. The molecule has 0 aliphatic carbocycles. The van der Waals surface area contributed by atoms with Gasteiger partial charge in [0, 0.05) is 19.7 Å². The van der Waals surface area contributed by atoms with E-state index in [-0.39, 0.29) is 11.9 Å². The normalized spacial score (nSPS) is 24.9. The Morgan fingerprint density at radius 1 is 1.28 bits per heavy atom. The largest absolute Gasteiger partial charge is 0.495 e. The number of carbonyl (C=O) groups excluding carboxylic acids is 1. The first-order chi connectivity index (χ1) is 13.8. The second-order valence-electron chi connectivity index (χ2n) is 7.84. The summed E-state index contributed by atoms with van der Waals surface area (Å²) in [4.78, 5) is 16.8. The maximum absolute atomic E-state index is 13.4. The van der Waals surface area contributed by atoms with E-state index >= 15 is 0 Å². The predicted octanol–water partition coefficient (Wildman–Crippen LogP) is 3.25. The van der Waals surface area contributed by atoms with Crippen molar-refractivity contribution in [3.8, 4) is 11.5 Å². The van der Waals surface area contributed by atoms with Gasteiger partial charge in [-0.15, -0.1) is 0 Å². The molecule has 0 unspecified atom stereocenters. The lowest BCUT2D eigenvalue weighted by Gasteiger charge is -2.56. The van der Waals surface area contributed by atoms with Gasteiger partial charge in [0.2, 0.25) is 5.91 Å². The molecule has 7 heteroatoms. The van der Waals surface area contributed by atoms with Crippen LogP contribution < -0.4 is 19.7 Å². The number of carbonyl (C=O) groups is 1. The van der Waals surface area contributed by atoms with E-state index in [1.165, 1.54) is 0 Å². The number of amides is 1. The van der Waals surface area contributed by atoms with E-state index in [1.807, 2.05) is 55.1 Å². The number of hydrogen-bond donors (Lipinski definition) is 1. The van der Waals surface area contributed by atoms with Gasteiger partial charge < -0.3 is 19.7 Å². The molecule has 2 heterocycles. The summed E-state index contributed by atoms with van der Waals surface area (Å²) < 4.78 is 12.1. The van der Waals surface area contributed by atoms with E-state index < -0.39 is 11.6 Å². The quantitative estimate of drug-likeness (QED) is 0.783. The third-order valence-electron chi connectivity index (χ3n) is 5.69.